The Kier molecular flexibility index (Phi) is 9.17. The van der Waals surface area contributed by atoms with E-state index in [1.807, 2.05) is 23.1 Å². The Balaban J connectivity index is 0.827. The van der Waals surface area contributed by atoms with Crippen molar-refractivity contribution in [3.8, 4) is 0 Å². The average Bonchev–Trinajstić information content (AvgIpc) is 3.93. The molecule has 5 amide bonds. The number of imide groups is 1. The van der Waals surface area contributed by atoms with Crippen LogP contribution in [0.15, 0.2) is 48.8 Å². The first-order valence-corrected chi connectivity index (χ1v) is 19.8. The molecule has 0 radical (unpaired) electrons. The van der Waals surface area contributed by atoms with E-state index in [4.69, 9.17) is 4.98 Å². The minimum Gasteiger partial charge on any atom is -0.368 e. The maximum Gasteiger partial charge on any atom is 0.270 e. The summed E-state index contributed by atoms with van der Waals surface area (Å²) in [6.07, 6.45) is 10.9. The van der Waals surface area contributed by atoms with Gasteiger partial charge in [0.2, 0.25) is 17.8 Å². The molecule has 1 saturated carbocycles. The third-order valence-corrected chi connectivity index (χ3v) is 12.4. The van der Waals surface area contributed by atoms with Gasteiger partial charge in [-0.25, -0.2) is 9.97 Å². The lowest BCUT2D eigenvalue weighted by molar-refractivity contribution is -0.136. The van der Waals surface area contributed by atoms with Crippen molar-refractivity contribution in [1.82, 2.24) is 39.5 Å². The van der Waals surface area contributed by atoms with Crippen LogP contribution in [0.1, 0.15) is 101 Å². The molecule has 9 rings (SSSR count). The second-order valence-electron chi connectivity index (χ2n) is 15.9. The van der Waals surface area contributed by atoms with Crippen LogP contribution in [-0.4, -0.2) is 110 Å². The van der Waals surface area contributed by atoms with Crippen LogP contribution in [-0.2, 0) is 16.1 Å². The third kappa shape index (κ3) is 6.32. The van der Waals surface area contributed by atoms with Gasteiger partial charge in [0.15, 0.2) is 0 Å². The molecule has 0 spiro atoms. The molecule has 5 aliphatic rings. The van der Waals surface area contributed by atoms with Gasteiger partial charge in [0.1, 0.15) is 23.2 Å². The zero-order valence-corrected chi connectivity index (χ0v) is 31.7. The lowest BCUT2D eigenvalue weighted by Crippen LogP contribution is -2.55. The zero-order valence-electron chi connectivity index (χ0n) is 31.7. The number of piperidine rings is 2. The van der Waals surface area contributed by atoms with E-state index in [9.17, 15) is 24.0 Å². The predicted molar refractivity (Wildman–Crippen MR) is 207 cm³/mol. The number of fused-ring (bicyclic) bond motifs is 2. The highest BCUT2D eigenvalue weighted by molar-refractivity contribution is 6.06. The van der Waals surface area contributed by atoms with Crippen molar-refractivity contribution in [2.45, 2.75) is 82.5 Å². The van der Waals surface area contributed by atoms with Crippen LogP contribution in [0.25, 0.3) is 11.0 Å². The van der Waals surface area contributed by atoms with Crippen LogP contribution < -0.4 is 15.5 Å². The summed E-state index contributed by atoms with van der Waals surface area (Å²) in [6.45, 7) is 2.54. The number of rotatable bonds is 8. The van der Waals surface area contributed by atoms with E-state index < -0.39 is 11.9 Å². The Hall–Kier alpha value is -5.86. The van der Waals surface area contributed by atoms with E-state index >= 15 is 0 Å². The van der Waals surface area contributed by atoms with Crippen molar-refractivity contribution in [3.63, 3.8) is 0 Å². The van der Waals surface area contributed by atoms with Crippen LogP contribution >= 0.6 is 0 Å². The Labute approximate surface area is 324 Å². The van der Waals surface area contributed by atoms with Gasteiger partial charge in [0, 0.05) is 93.4 Å². The highest BCUT2D eigenvalue weighted by atomic mass is 16.2. The molecule has 56 heavy (non-hydrogen) atoms. The predicted octanol–water partition coefficient (Wildman–Crippen LogP) is 4.28. The molecule has 15 heteroatoms. The molecule has 2 N–H and O–H groups in total. The van der Waals surface area contributed by atoms with Gasteiger partial charge in [-0.1, -0.05) is 18.9 Å². The van der Waals surface area contributed by atoms with Gasteiger partial charge in [-0.2, -0.15) is 4.98 Å². The summed E-state index contributed by atoms with van der Waals surface area (Å²) in [7, 11) is 3.51. The molecule has 4 fully saturated rings. The smallest absolute Gasteiger partial charge is 0.270 e. The van der Waals surface area contributed by atoms with Gasteiger partial charge in [-0.05, 0) is 74.8 Å². The highest BCUT2D eigenvalue weighted by Gasteiger charge is 2.43. The first-order chi connectivity index (χ1) is 27.1. The van der Waals surface area contributed by atoms with Gasteiger partial charge >= 0.3 is 0 Å². The molecule has 4 aliphatic heterocycles. The highest BCUT2D eigenvalue weighted by Crippen LogP contribution is 2.41. The van der Waals surface area contributed by atoms with E-state index in [-0.39, 0.29) is 36.1 Å². The van der Waals surface area contributed by atoms with E-state index in [1.165, 1.54) is 0 Å². The number of anilines is 3. The van der Waals surface area contributed by atoms with Crippen molar-refractivity contribution in [1.29, 1.82) is 0 Å². The minimum atomic E-state index is -0.642. The molecule has 3 aromatic heterocycles. The van der Waals surface area contributed by atoms with Gasteiger partial charge in [0.05, 0.1) is 5.56 Å². The summed E-state index contributed by atoms with van der Waals surface area (Å²) >= 11 is 0. The number of carbonyl (C=O) groups excluding carboxylic acids is 5. The number of benzene rings is 1. The quantitative estimate of drug-likeness (QED) is 0.248. The number of amides is 5. The maximum atomic E-state index is 13.6. The maximum absolute atomic E-state index is 13.6. The summed E-state index contributed by atoms with van der Waals surface area (Å²) in [5, 5.41) is 6.39. The SMILES string of the molecule is CN(C)C(=O)c1cc2cnc(Nc3ccc(C(=O)N4CCC([C@H]5CCN5c5cccc6c5CN([C@@H]5CCC(=O)NC5=O)C6=O)CC4)cn3)nc2n1C1CCCC1. The van der Waals surface area contributed by atoms with Crippen LogP contribution in [0.3, 0.4) is 0 Å². The number of pyridine rings is 1. The number of nitrogens with zero attached hydrogens (tertiary/aromatic N) is 8. The summed E-state index contributed by atoms with van der Waals surface area (Å²) in [6, 6.07) is 11.1. The molecule has 3 saturated heterocycles. The van der Waals surface area contributed by atoms with E-state index in [1.54, 1.807) is 48.4 Å². The van der Waals surface area contributed by atoms with Crippen LogP contribution in [0, 0.1) is 5.92 Å². The fourth-order valence-corrected chi connectivity index (χ4v) is 9.41. The normalized spacial score (nSPS) is 21.7. The largest absolute Gasteiger partial charge is 0.368 e. The fourth-order valence-electron chi connectivity index (χ4n) is 9.41. The lowest BCUT2D eigenvalue weighted by atomic mass is 9.81. The standard InChI is InChI=1S/C41H46N10O5/c1-47(2)40(56)33-20-26-22-43-41(46-36(26)51(33)27-6-3-4-7-27)44-34-12-10-25(21-42-34)38(54)48-17-14-24(15-18-48)30-16-19-49(30)31-9-5-8-28-29(31)23-50(39(28)55)32-11-13-35(52)45-37(32)53/h5,8-10,12,20-22,24,27,30,32H,3-4,6-7,11,13-19,23H2,1-2H3,(H,45,52,53)(H,42,43,44,46)/t30-,32-/m1/s1. The van der Waals surface area contributed by atoms with Crippen LogP contribution in [0.4, 0.5) is 17.5 Å². The number of aromatic nitrogens is 4. The minimum absolute atomic E-state index is 0.0500. The first kappa shape index (κ1) is 35.8. The molecule has 2 atom stereocenters. The fraction of sp³-hybridized carbons (Fsp3) is 0.463. The second-order valence-corrected chi connectivity index (χ2v) is 15.9. The Morgan fingerprint density at radius 2 is 1.70 bits per heavy atom. The molecule has 7 heterocycles. The van der Waals surface area contributed by atoms with Crippen molar-refractivity contribution in [2.75, 3.05) is 43.9 Å². The molecule has 0 unspecified atom stereocenters. The van der Waals surface area contributed by atoms with Gasteiger partial charge in [-0.15, -0.1) is 0 Å². The van der Waals surface area contributed by atoms with Crippen LogP contribution in [0.5, 0.6) is 0 Å². The first-order valence-electron chi connectivity index (χ1n) is 19.8. The monoisotopic (exact) mass is 758 g/mol. The van der Waals surface area contributed by atoms with Crippen molar-refractivity contribution in [2.24, 2.45) is 5.92 Å². The number of carbonyl (C=O) groups is 5. The Morgan fingerprint density at radius 3 is 2.39 bits per heavy atom. The lowest BCUT2D eigenvalue weighted by Gasteiger charge is -2.49. The summed E-state index contributed by atoms with van der Waals surface area (Å²) in [4.78, 5) is 85.8. The van der Waals surface area contributed by atoms with Crippen molar-refractivity contribution in [3.05, 3.63) is 71.2 Å². The number of nitrogens with one attached hydrogen (secondary N) is 2. The Bertz CT molecular complexity index is 2240. The van der Waals surface area contributed by atoms with Gasteiger partial charge in [0.25, 0.3) is 17.7 Å². The topological polar surface area (TPSA) is 166 Å². The molecule has 0 bridgehead atoms. The molecule has 1 aliphatic carbocycles. The third-order valence-electron chi connectivity index (χ3n) is 12.4. The summed E-state index contributed by atoms with van der Waals surface area (Å²) in [5.74, 6) is 0.322. The van der Waals surface area contributed by atoms with E-state index in [0.29, 0.717) is 66.6 Å². The number of hydrogen-bond donors (Lipinski definition) is 2. The molecule has 1 aromatic carbocycles. The molecule has 290 valence electrons. The molecule has 15 nitrogen and oxygen atoms in total. The Morgan fingerprint density at radius 1 is 0.893 bits per heavy atom. The van der Waals surface area contributed by atoms with Gasteiger partial charge in [-0.3, -0.25) is 29.3 Å². The zero-order chi connectivity index (χ0) is 38.7. The van der Waals surface area contributed by atoms with Gasteiger partial charge < -0.3 is 29.5 Å². The second kappa shape index (κ2) is 14.3. The van der Waals surface area contributed by atoms with E-state index in [2.05, 4.69) is 36.1 Å². The average molecular weight is 759 g/mol. The van der Waals surface area contributed by atoms with Crippen molar-refractivity contribution >= 4 is 58.0 Å². The number of hydrogen-bond acceptors (Lipinski definition) is 10. The van der Waals surface area contributed by atoms with Crippen LogP contribution in [0.2, 0.25) is 0 Å². The summed E-state index contributed by atoms with van der Waals surface area (Å²) in [5.41, 5.74) is 4.47. The van der Waals surface area contributed by atoms with E-state index in [0.717, 1.165) is 73.8 Å². The molecule has 4 aromatic rings. The number of likely N-dealkylation sites (tertiary alicyclic amines) is 1. The molecular formula is C41H46N10O5. The van der Waals surface area contributed by atoms with Crippen molar-refractivity contribution < 1.29 is 24.0 Å². The summed E-state index contributed by atoms with van der Waals surface area (Å²) < 4.78 is 2.08. The molecular weight excluding hydrogens is 713 g/mol.